The van der Waals surface area contributed by atoms with Crippen LogP contribution in [0.1, 0.15) is 17.3 Å². The molecule has 1 aliphatic rings. The Morgan fingerprint density at radius 2 is 2.10 bits per heavy atom. The molecule has 0 aromatic heterocycles. The van der Waals surface area contributed by atoms with Crippen molar-refractivity contribution in [1.29, 1.82) is 0 Å². The lowest BCUT2D eigenvalue weighted by Gasteiger charge is -2.32. The van der Waals surface area contributed by atoms with Crippen LogP contribution in [0.2, 0.25) is 0 Å². The largest absolute Gasteiger partial charge is 0.494 e. The van der Waals surface area contributed by atoms with E-state index in [1.54, 1.807) is 30.1 Å². The van der Waals surface area contributed by atoms with Gasteiger partial charge in [0.05, 0.1) is 6.61 Å². The summed E-state index contributed by atoms with van der Waals surface area (Å²) in [5.41, 5.74) is 6.70. The number of likely N-dealkylation sites (N-methyl/N-ethyl adjacent to an activating group) is 1. The summed E-state index contributed by atoms with van der Waals surface area (Å²) in [6.45, 7) is 3.55. The second kappa shape index (κ2) is 5.81. The third-order valence-corrected chi connectivity index (χ3v) is 3.23. The van der Waals surface area contributed by atoms with Crippen LogP contribution in [0.25, 0.3) is 0 Å². The summed E-state index contributed by atoms with van der Waals surface area (Å²) in [6.07, 6.45) is 0. The first-order valence-electron chi connectivity index (χ1n) is 6.58. The molecule has 20 heavy (non-hydrogen) atoms. The van der Waals surface area contributed by atoms with E-state index in [1.807, 2.05) is 6.92 Å². The van der Waals surface area contributed by atoms with Crippen molar-refractivity contribution in [2.45, 2.75) is 6.92 Å². The molecule has 1 aliphatic heterocycles. The average Bonchev–Trinajstić information content (AvgIpc) is 2.41. The minimum Gasteiger partial charge on any atom is -0.494 e. The summed E-state index contributed by atoms with van der Waals surface area (Å²) < 4.78 is 5.38. The lowest BCUT2D eigenvalue weighted by molar-refractivity contribution is -0.133. The predicted octanol–water partition coefficient (Wildman–Crippen LogP) is 0.582. The van der Waals surface area contributed by atoms with Gasteiger partial charge < -0.3 is 20.3 Å². The number of piperazine rings is 1. The molecule has 0 radical (unpaired) electrons. The maximum atomic E-state index is 12.4. The minimum absolute atomic E-state index is 0.0569. The summed E-state index contributed by atoms with van der Waals surface area (Å²) in [5.74, 6) is 0.314. The van der Waals surface area contributed by atoms with E-state index in [2.05, 4.69) is 0 Å². The van der Waals surface area contributed by atoms with Crippen molar-refractivity contribution in [3.8, 4) is 5.75 Å². The van der Waals surface area contributed by atoms with E-state index in [-0.39, 0.29) is 18.4 Å². The SMILES string of the molecule is CCOc1cc(N)cc(C(=O)N2CCN(C)C(=O)C2)c1. The van der Waals surface area contributed by atoms with Crippen molar-refractivity contribution in [2.75, 3.05) is 39.0 Å². The number of anilines is 1. The van der Waals surface area contributed by atoms with Crippen LogP contribution < -0.4 is 10.5 Å². The molecular formula is C14H19N3O3. The molecule has 0 unspecified atom stereocenters. The molecule has 6 heteroatoms. The molecule has 2 amide bonds. The average molecular weight is 277 g/mol. The van der Waals surface area contributed by atoms with Crippen LogP contribution in [-0.2, 0) is 4.79 Å². The minimum atomic E-state index is -0.195. The number of ether oxygens (including phenoxy) is 1. The standard InChI is InChI=1S/C14H19N3O3/c1-3-20-12-7-10(6-11(15)8-12)14(19)17-5-4-16(2)13(18)9-17/h6-8H,3-5,9,15H2,1-2H3. The van der Waals surface area contributed by atoms with E-state index >= 15 is 0 Å². The zero-order valence-electron chi connectivity index (χ0n) is 11.8. The molecule has 2 rings (SSSR count). The first kappa shape index (κ1) is 14.2. The van der Waals surface area contributed by atoms with Gasteiger partial charge in [-0.1, -0.05) is 0 Å². The molecule has 1 aromatic rings. The van der Waals surface area contributed by atoms with Gasteiger partial charge in [-0.15, -0.1) is 0 Å². The highest BCUT2D eigenvalue weighted by molar-refractivity contribution is 5.98. The van der Waals surface area contributed by atoms with Gasteiger partial charge in [0.1, 0.15) is 12.3 Å². The number of nitrogens with zero attached hydrogens (tertiary/aromatic N) is 2. The first-order valence-corrected chi connectivity index (χ1v) is 6.58. The second-order valence-corrected chi connectivity index (χ2v) is 4.77. The fourth-order valence-corrected chi connectivity index (χ4v) is 2.11. The smallest absolute Gasteiger partial charge is 0.254 e. The van der Waals surface area contributed by atoms with E-state index in [1.165, 1.54) is 4.90 Å². The predicted molar refractivity (Wildman–Crippen MR) is 75.6 cm³/mol. The van der Waals surface area contributed by atoms with Crippen LogP contribution in [0.15, 0.2) is 18.2 Å². The van der Waals surface area contributed by atoms with Gasteiger partial charge in [0.25, 0.3) is 5.91 Å². The first-order chi connectivity index (χ1) is 9.51. The van der Waals surface area contributed by atoms with E-state index in [4.69, 9.17) is 10.5 Å². The fourth-order valence-electron chi connectivity index (χ4n) is 2.11. The molecular weight excluding hydrogens is 258 g/mol. The number of carbonyl (C=O) groups excluding carboxylic acids is 2. The third kappa shape index (κ3) is 3.01. The van der Waals surface area contributed by atoms with Gasteiger partial charge in [-0.2, -0.15) is 0 Å². The molecule has 1 aromatic carbocycles. The Labute approximate surface area is 118 Å². The summed E-state index contributed by atoms with van der Waals surface area (Å²) >= 11 is 0. The Morgan fingerprint density at radius 3 is 2.75 bits per heavy atom. The van der Waals surface area contributed by atoms with Gasteiger partial charge in [0.2, 0.25) is 5.91 Å². The van der Waals surface area contributed by atoms with Crippen molar-refractivity contribution in [3.63, 3.8) is 0 Å². The van der Waals surface area contributed by atoms with Gasteiger partial charge in [0.15, 0.2) is 0 Å². The Hall–Kier alpha value is -2.24. The normalized spacial score (nSPS) is 15.4. The van der Waals surface area contributed by atoms with Crippen LogP contribution in [-0.4, -0.2) is 54.9 Å². The van der Waals surface area contributed by atoms with Crippen molar-refractivity contribution >= 4 is 17.5 Å². The Morgan fingerprint density at radius 1 is 1.35 bits per heavy atom. The quantitative estimate of drug-likeness (QED) is 0.820. The van der Waals surface area contributed by atoms with Gasteiger partial charge in [-0.05, 0) is 19.1 Å². The lowest BCUT2D eigenvalue weighted by Crippen LogP contribution is -2.50. The Balaban J connectivity index is 2.18. The van der Waals surface area contributed by atoms with Gasteiger partial charge in [-0.3, -0.25) is 9.59 Å². The summed E-state index contributed by atoms with van der Waals surface area (Å²) in [7, 11) is 1.73. The third-order valence-electron chi connectivity index (χ3n) is 3.23. The van der Waals surface area contributed by atoms with Gasteiger partial charge >= 0.3 is 0 Å². The zero-order chi connectivity index (χ0) is 14.7. The van der Waals surface area contributed by atoms with Crippen LogP contribution in [0, 0.1) is 0 Å². The summed E-state index contributed by atoms with van der Waals surface area (Å²) in [5, 5.41) is 0. The molecule has 1 saturated heterocycles. The number of hydrogen-bond acceptors (Lipinski definition) is 4. The Kier molecular flexibility index (Phi) is 4.12. The monoisotopic (exact) mass is 277 g/mol. The molecule has 0 spiro atoms. The molecule has 0 saturated carbocycles. The van der Waals surface area contributed by atoms with Crippen molar-refractivity contribution < 1.29 is 14.3 Å². The van der Waals surface area contributed by atoms with E-state index in [0.29, 0.717) is 36.7 Å². The number of carbonyl (C=O) groups is 2. The maximum absolute atomic E-state index is 12.4. The Bertz CT molecular complexity index is 530. The molecule has 1 fully saturated rings. The maximum Gasteiger partial charge on any atom is 0.254 e. The number of nitrogens with two attached hydrogens (primary N) is 1. The van der Waals surface area contributed by atoms with E-state index in [9.17, 15) is 9.59 Å². The highest BCUT2D eigenvalue weighted by atomic mass is 16.5. The topological polar surface area (TPSA) is 75.9 Å². The molecule has 0 atom stereocenters. The lowest BCUT2D eigenvalue weighted by atomic mass is 10.1. The van der Waals surface area contributed by atoms with E-state index < -0.39 is 0 Å². The molecule has 6 nitrogen and oxygen atoms in total. The van der Waals surface area contributed by atoms with Gasteiger partial charge in [-0.25, -0.2) is 0 Å². The van der Waals surface area contributed by atoms with Crippen LogP contribution in [0.4, 0.5) is 5.69 Å². The highest BCUT2D eigenvalue weighted by Crippen LogP contribution is 2.20. The number of amides is 2. The van der Waals surface area contributed by atoms with Crippen LogP contribution in [0.3, 0.4) is 0 Å². The summed E-state index contributed by atoms with van der Waals surface area (Å²) in [4.78, 5) is 27.2. The summed E-state index contributed by atoms with van der Waals surface area (Å²) in [6, 6.07) is 4.94. The number of nitrogen functional groups attached to an aromatic ring is 1. The highest BCUT2D eigenvalue weighted by Gasteiger charge is 2.25. The van der Waals surface area contributed by atoms with Crippen molar-refractivity contribution in [1.82, 2.24) is 9.80 Å². The van der Waals surface area contributed by atoms with E-state index in [0.717, 1.165) is 0 Å². The molecule has 0 bridgehead atoms. The molecule has 1 heterocycles. The number of rotatable bonds is 3. The number of hydrogen-bond donors (Lipinski definition) is 1. The van der Waals surface area contributed by atoms with Crippen molar-refractivity contribution in [2.24, 2.45) is 0 Å². The number of benzene rings is 1. The fraction of sp³-hybridized carbons (Fsp3) is 0.429. The molecule has 2 N–H and O–H groups in total. The van der Waals surface area contributed by atoms with Crippen molar-refractivity contribution in [3.05, 3.63) is 23.8 Å². The van der Waals surface area contributed by atoms with Gasteiger partial charge in [0, 0.05) is 37.5 Å². The molecule has 108 valence electrons. The zero-order valence-corrected chi connectivity index (χ0v) is 11.8. The van der Waals surface area contributed by atoms with Crippen LogP contribution >= 0.6 is 0 Å². The molecule has 0 aliphatic carbocycles. The van der Waals surface area contributed by atoms with Crippen LogP contribution in [0.5, 0.6) is 5.75 Å². The second-order valence-electron chi connectivity index (χ2n) is 4.77.